The van der Waals surface area contributed by atoms with Crippen LogP contribution < -0.4 is 11.1 Å². The maximum Gasteiger partial charge on any atom is 0.271 e. The Balaban J connectivity index is 1.95. The highest BCUT2D eigenvalue weighted by molar-refractivity contribution is 6.33. The molecule has 0 aliphatic carbocycles. The van der Waals surface area contributed by atoms with Crippen LogP contribution in [0.5, 0.6) is 0 Å². The van der Waals surface area contributed by atoms with Gasteiger partial charge >= 0.3 is 0 Å². The highest BCUT2D eigenvalue weighted by Crippen LogP contribution is 2.17. The Kier molecular flexibility index (Phi) is 5.90. The van der Waals surface area contributed by atoms with Gasteiger partial charge in [-0.05, 0) is 12.8 Å². The summed E-state index contributed by atoms with van der Waals surface area (Å²) in [6, 6.07) is 0.0418. The minimum absolute atomic E-state index is 0.0418. The van der Waals surface area contributed by atoms with Gasteiger partial charge in [0.05, 0.1) is 17.8 Å². The fourth-order valence-corrected chi connectivity index (χ4v) is 2.70. The predicted molar refractivity (Wildman–Crippen MR) is 87.3 cm³/mol. The molecule has 0 saturated carbocycles. The maximum atomic E-state index is 12.4. The molecule has 2 heterocycles. The van der Waals surface area contributed by atoms with Gasteiger partial charge in [-0.2, -0.15) is 0 Å². The number of rotatable bonds is 5. The van der Waals surface area contributed by atoms with Crippen LogP contribution in [0.15, 0.2) is 6.20 Å². The van der Waals surface area contributed by atoms with Gasteiger partial charge in [0.1, 0.15) is 11.5 Å². The summed E-state index contributed by atoms with van der Waals surface area (Å²) in [4.78, 5) is 33.7. The molecule has 0 radical (unpaired) electrons. The quantitative estimate of drug-likeness (QED) is 0.831. The Labute approximate surface area is 140 Å². The van der Waals surface area contributed by atoms with Crippen LogP contribution in [-0.2, 0) is 4.79 Å². The molecule has 0 spiro atoms. The molecule has 0 unspecified atom stereocenters. The number of halogens is 1. The molecule has 8 heteroatoms. The Morgan fingerprint density at radius 1 is 1.43 bits per heavy atom. The number of hydrogen-bond acceptors (Lipinski definition) is 5. The second kappa shape index (κ2) is 7.70. The number of piperidine rings is 1. The van der Waals surface area contributed by atoms with E-state index in [1.165, 1.54) is 6.20 Å². The first-order chi connectivity index (χ1) is 10.9. The maximum absolute atomic E-state index is 12.4. The summed E-state index contributed by atoms with van der Waals surface area (Å²) in [5.41, 5.74) is 5.40. The number of carbonyl (C=O) groups is 2. The minimum Gasteiger partial charge on any atom is -0.369 e. The van der Waals surface area contributed by atoms with Gasteiger partial charge in [-0.15, -0.1) is 0 Å². The molecule has 1 fully saturated rings. The molecule has 1 aliphatic heterocycles. The normalized spacial score (nSPS) is 16.5. The number of nitrogens with zero attached hydrogens (tertiary/aromatic N) is 3. The number of amides is 2. The van der Waals surface area contributed by atoms with Crippen LogP contribution in [0.1, 0.15) is 48.9 Å². The van der Waals surface area contributed by atoms with Gasteiger partial charge in [-0.3, -0.25) is 14.5 Å². The second-order valence-corrected chi connectivity index (χ2v) is 6.48. The van der Waals surface area contributed by atoms with Crippen LogP contribution in [0, 0.1) is 0 Å². The number of hydrogen-bond donors (Lipinski definition) is 2. The van der Waals surface area contributed by atoms with E-state index >= 15 is 0 Å². The van der Waals surface area contributed by atoms with Gasteiger partial charge in [0, 0.05) is 25.0 Å². The van der Waals surface area contributed by atoms with Gasteiger partial charge in [-0.1, -0.05) is 25.4 Å². The second-order valence-electron chi connectivity index (χ2n) is 6.07. The Bertz CT molecular complexity index is 585. The number of nitrogens with two attached hydrogens (primary N) is 1. The summed E-state index contributed by atoms with van der Waals surface area (Å²) in [5, 5.41) is 3.21. The van der Waals surface area contributed by atoms with Crippen molar-refractivity contribution in [2.75, 3.05) is 19.6 Å². The lowest BCUT2D eigenvalue weighted by atomic mass is 10.0. The Morgan fingerprint density at radius 2 is 2.09 bits per heavy atom. The average Bonchev–Trinajstić information content (AvgIpc) is 2.48. The first-order valence-electron chi connectivity index (χ1n) is 7.70. The molecule has 7 nitrogen and oxygen atoms in total. The molecular weight excluding hydrogens is 318 g/mol. The zero-order chi connectivity index (χ0) is 17.0. The number of carbonyl (C=O) groups excluding carboxylic acids is 2. The smallest absolute Gasteiger partial charge is 0.271 e. The lowest BCUT2D eigenvalue weighted by molar-refractivity contribution is -0.119. The van der Waals surface area contributed by atoms with Crippen molar-refractivity contribution in [2.45, 2.75) is 38.6 Å². The van der Waals surface area contributed by atoms with Crippen LogP contribution in [0.25, 0.3) is 0 Å². The van der Waals surface area contributed by atoms with Crippen LogP contribution in [0.2, 0.25) is 5.02 Å². The van der Waals surface area contributed by atoms with Crippen molar-refractivity contribution in [3.8, 4) is 0 Å². The van der Waals surface area contributed by atoms with E-state index in [1.54, 1.807) is 0 Å². The summed E-state index contributed by atoms with van der Waals surface area (Å²) in [6.07, 6.45) is 2.99. The highest BCUT2D eigenvalue weighted by atomic mass is 35.5. The average molecular weight is 340 g/mol. The molecule has 2 amide bonds. The number of primary amides is 1. The molecule has 1 aromatic rings. The molecule has 3 N–H and O–H groups in total. The molecule has 23 heavy (non-hydrogen) atoms. The summed E-state index contributed by atoms with van der Waals surface area (Å²) >= 11 is 6.05. The van der Waals surface area contributed by atoms with Crippen LogP contribution in [0.3, 0.4) is 0 Å². The molecule has 0 bridgehead atoms. The van der Waals surface area contributed by atoms with Crippen molar-refractivity contribution in [1.29, 1.82) is 0 Å². The third kappa shape index (κ3) is 4.87. The van der Waals surface area contributed by atoms with E-state index in [0.29, 0.717) is 5.82 Å². The van der Waals surface area contributed by atoms with Gasteiger partial charge in [-0.25, -0.2) is 9.97 Å². The number of nitrogens with one attached hydrogen (secondary N) is 1. The van der Waals surface area contributed by atoms with Crippen molar-refractivity contribution in [3.05, 3.63) is 22.7 Å². The van der Waals surface area contributed by atoms with E-state index in [-0.39, 0.29) is 41.0 Å². The summed E-state index contributed by atoms with van der Waals surface area (Å²) in [7, 11) is 0. The van der Waals surface area contributed by atoms with Gasteiger partial charge < -0.3 is 11.1 Å². The van der Waals surface area contributed by atoms with Crippen molar-refractivity contribution >= 4 is 23.4 Å². The van der Waals surface area contributed by atoms with E-state index in [2.05, 4.69) is 15.3 Å². The van der Waals surface area contributed by atoms with E-state index < -0.39 is 0 Å². The zero-order valence-corrected chi connectivity index (χ0v) is 14.1. The first kappa shape index (κ1) is 17.6. The van der Waals surface area contributed by atoms with E-state index in [4.69, 9.17) is 17.3 Å². The Morgan fingerprint density at radius 3 is 2.65 bits per heavy atom. The van der Waals surface area contributed by atoms with Gasteiger partial charge in [0.2, 0.25) is 5.91 Å². The van der Waals surface area contributed by atoms with Crippen molar-refractivity contribution in [1.82, 2.24) is 20.2 Å². The minimum atomic E-state index is -0.332. The van der Waals surface area contributed by atoms with E-state index in [9.17, 15) is 9.59 Å². The highest BCUT2D eigenvalue weighted by Gasteiger charge is 2.23. The van der Waals surface area contributed by atoms with Gasteiger partial charge in [0.15, 0.2) is 0 Å². The fraction of sp³-hybridized carbons (Fsp3) is 0.600. The van der Waals surface area contributed by atoms with Crippen LogP contribution in [0.4, 0.5) is 0 Å². The molecular formula is C15H22ClN5O2. The van der Waals surface area contributed by atoms with Crippen LogP contribution >= 0.6 is 11.6 Å². The standard InChI is InChI=1S/C15H22ClN5O2/c1-9(2)14-18-7-11(16)13(20-14)15(23)19-10-3-5-21(6-4-10)8-12(17)22/h7,9-10H,3-6,8H2,1-2H3,(H2,17,22)(H,19,23). The predicted octanol–water partition coefficient (Wildman–Crippen LogP) is 0.933. The van der Waals surface area contributed by atoms with E-state index in [1.807, 2.05) is 18.7 Å². The third-order valence-electron chi connectivity index (χ3n) is 3.80. The lowest BCUT2D eigenvalue weighted by Crippen LogP contribution is -2.46. The first-order valence-corrected chi connectivity index (χ1v) is 8.08. The van der Waals surface area contributed by atoms with Crippen molar-refractivity contribution < 1.29 is 9.59 Å². The van der Waals surface area contributed by atoms with E-state index in [0.717, 1.165) is 25.9 Å². The Hall–Kier alpha value is -1.73. The van der Waals surface area contributed by atoms with Crippen molar-refractivity contribution in [3.63, 3.8) is 0 Å². The molecule has 0 atom stereocenters. The fourth-order valence-electron chi connectivity index (χ4n) is 2.53. The van der Waals surface area contributed by atoms with Gasteiger partial charge in [0.25, 0.3) is 5.91 Å². The molecule has 1 saturated heterocycles. The topological polar surface area (TPSA) is 101 Å². The molecule has 1 aromatic heterocycles. The molecule has 2 rings (SSSR count). The number of aromatic nitrogens is 2. The lowest BCUT2D eigenvalue weighted by Gasteiger charge is -2.31. The summed E-state index contributed by atoms with van der Waals surface area (Å²) < 4.78 is 0. The van der Waals surface area contributed by atoms with Crippen molar-refractivity contribution in [2.24, 2.45) is 5.73 Å². The third-order valence-corrected chi connectivity index (χ3v) is 4.07. The molecule has 126 valence electrons. The van der Waals surface area contributed by atoms with Crippen LogP contribution in [-0.4, -0.2) is 52.4 Å². The molecule has 1 aliphatic rings. The SMILES string of the molecule is CC(C)c1ncc(Cl)c(C(=O)NC2CCN(CC(N)=O)CC2)n1. The summed E-state index contributed by atoms with van der Waals surface area (Å²) in [6.45, 7) is 5.63. The largest absolute Gasteiger partial charge is 0.369 e. The number of likely N-dealkylation sites (tertiary alicyclic amines) is 1. The summed E-state index contributed by atoms with van der Waals surface area (Å²) in [5.74, 6) is 0.0980. The monoisotopic (exact) mass is 339 g/mol. The molecule has 0 aromatic carbocycles. The zero-order valence-electron chi connectivity index (χ0n) is 13.4.